The van der Waals surface area contributed by atoms with Crippen LogP contribution in [-0.4, -0.2) is 38.0 Å². The van der Waals surface area contributed by atoms with Gasteiger partial charge in [-0.15, -0.1) is 0 Å². The molecule has 0 N–H and O–H groups in total. The summed E-state index contributed by atoms with van der Waals surface area (Å²) in [5, 5.41) is 0.529. The van der Waals surface area contributed by atoms with Crippen molar-refractivity contribution in [3.8, 4) is 0 Å². The second-order valence-electron chi connectivity index (χ2n) is 6.19. The van der Waals surface area contributed by atoms with Gasteiger partial charge >= 0.3 is 6.03 Å². The Bertz CT molecular complexity index is 862. The zero-order chi connectivity index (χ0) is 17.8. The maximum atomic E-state index is 13.2. The highest BCUT2D eigenvalue weighted by Crippen LogP contribution is 2.38. The molecule has 2 fully saturated rings. The third-order valence-corrected chi connectivity index (χ3v) is 6.53. The molecule has 2 aromatic rings. The van der Waals surface area contributed by atoms with Gasteiger partial charge in [0.15, 0.2) is 9.84 Å². The molecular weight excluding hydrogens is 367 g/mol. The predicted molar refractivity (Wildman–Crippen MR) is 94.4 cm³/mol. The van der Waals surface area contributed by atoms with Crippen molar-refractivity contribution in [3.05, 3.63) is 59.4 Å². The van der Waals surface area contributed by atoms with E-state index in [-0.39, 0.29) is 17.5 Å². The quantitative estimate of drug-likeness (QED) is 0.752. The molecule has 130 valence electrons. The maximum Gasteiger partial charge on any atom is 0.329 e. The van der Waals surface area contributed by atoms with E-state index in [1.807, 2.05) is 0 Å². The number of hydrogen-bond donors (Lipinski definition) is 0. The van der Waals surface area contributed by atoms with Crippen LogP contribution < -0.4 is 9.80 Å². The Labute approximate surface area is 149 Å². The van der Waals surface area contributed by atoms with Gasteiger partial charge < -0.3 is 0 Å². The van der Waals surface area contributed by atoms with E-state index in [0.29, 0.717) is 16.4 Å². The minimum Gasteiger partial charge on any atom is -0.288 e. The van der Waals surface area contributed by atoms with Crippen LogP contribution in [0.3, 0.4) is 0 Å². The van der Waals surface area contributed by atoms with Crippen LogP contribution in [0.2, 0.25) is 5.02 Å². The molecule has 0 saturated carbocycles. The molecule has 5 nitrogen and oxygen atoms in total. The third-order valence-electron chi connectivity index (χ3n) is 4.58. The number of sulfone groups is 1. The zero-order valence-corrected chi connectivity index (χ0v) is 14.5. The van der Waals surface area contributed by atoms with Gasteiger partial charge in [0.05, 0.1) is 23.6 Å². The van der Waals surface area contributed by atoms with Crippen molar-refractivity contribution < 1.29 is 17.6 Å². The summed E-state index contributed by atoms with van der Waals surface area (Å²) in [5.74, 6) is -0.616. The first-order valence-corrected chi connectivity index (χ1v) is 9.90. The molecule has 0 aromatic heterocycles. The Hall–Kier alpha value is -2.12. The number of anilines is 2. The Balaban J connectivity index is 1.79. The molecule has 2 atom stereocenters. The van der Waals surface area contributed by atoms with E-state index in [1.165, 1.54) is 34.1 Å². The molecule has 0 radical (unpaired) electrons. The van der Waals surface area contributed by atoms with Crippen molar-refractivity contribution in [1.29, 1.82) is 0 Å². The Kier molecular flexibility index (Phi) is 3.73. The smallest absolute Gasteiger partial charge is 0.288 e. The van der Waals surface area contributed by atoms with Crippen LogP contribution in [0.25, 0.3) is 0 Å². The molecule has 2 aliphatic heterocycles. The summed E-state index contributed by atoms with van der Waals surface area (Å²) >= 11 is 5.91. The molecule has 0 aliphatic carbocycles. The van der Waals surface area contributed by atoms with Crippen molar-refractivity contribution in [3.63, 3.8) is 0 Å². The standard InChI is InChI=1S/C17H14ClFN2O3S/c18-11-1-5-13(6-2-11)20-15-9-25(23,24)10-16(15)21(17(20)22)14-7-3-12(19)4-8-14/h1-8,15-16H,9-10H2/t15-,16+/m0/s1. The predicted octanol–water partition coefficient (Wildman–Crippen LogP) is 3.09. The molecule has 2 amide bonds. The maximum absolute atomic E-state index is 13.2. The number of fused-ring (bicyclic) bond motifs is 1. The number of nitrogens with zero attached hydrogens (tertiary/aromatic N) is 2. The fourth-order valence-electron chi connectivity index (χ4n) is 3.51. The molecule has 25 heavy (non-hydrogen) atoms. The fourth-order valence-corrected chi connectivity index (χ4v) is 5.56. The molecule has 2 saturated heterocycles. The van der Waals surface area contributed by atoms with Crippen molar-refractivity contribution in [1.82, 2.24) is 0 Å². The number of hydrogen-bond acceptors (Lipinski definition) is 3. The van der Waals surface area contributed by atoms with Gasteiger partial charge in [0, 0.05) is 16.4 Å². The number of rotatable bonds is 2. The minimum atomic E-state index is -3.26. The van der Waals surface area contributed by atoms with Crippen LogP contribution in [0.15, 0.2) is 48.5 Å². The largest absolute Gasteiger partial charge is 0.329 e. The van der Waals surface area contributed by atoms with E-state index >= 15 is 0 Å². The first kappa shape index (κ1) is 16.4. The van der Waals surface area contributed by atoms with Crippen LogP contribution in [-0.2, 0) is 9.84 Å². The minimum absolute atomic E-state index is 0.0935. The molecule has 0 bridgehead atoms. The number of amides is 2. The summed E-state index contributed by atoms with van der Waals surface area (Å²) in [6.45, 7) is 0. The molecule has 4 rings (SSSR count). The van der Waals surface area contributed by atoms with Gasteiger partial charge in [0.25, 0.3) is 0 Å². The first-order chi connectivity index (χ1) is 11.9. The number of carbonyl (C=O) groups excluding carboxylic acids is 1. The summed E-state index contributed by atoms with van der Waals surface area (Å²) in [6, 6.07) is 10.9. The Morgan fingerprint density at radius 1 is 0.880 bits per heavy atom. The molecular formula is C17H14ClFN2O3S. The lowest BCUT2D eigenvalue weighted by Crippen LogP contribution is -2.37. The lowest BCUT2D eigenvalue weighted by molar-refractivity contribution is 0.255. The fraction of sp³-hybridized carbons (Fsp3) is 0.235. The third kappa shape index (κ3) is 2.77. The van der Waals surface area contributed by atoms with E-state index in [9.17, 15) is 17.6 Å². The van der Waals surface area contributed by atoms with E-state index in [4.69, 9.17) is 11.6 Å². The van der Waals surface area contributed by atoms with Crippen molar-refractivity contribution in [2.75, 3.05) is 21.3 Å². The number of halogens is 2. The highest BCUT2D eigenvalue weighted by atomic mass is 35.5. The summed E-state index contributed by atoms with van der Waals surface area (Å²) in [4.78, 5) is 16.0. The van der Waals surface area contributed by atoms with Crippen LogP contribution in [0.1, 0.15) is 0 Å². The van der Waals surface area contributed by atoms with Crippen molar-refractivity contribution in [2.24, 2.45) is 0 Å². The average Bonchev–Trinajstić information content (AvgIpc) is 2.99. The summed E-state index contributed by atoms with van der Waals surface area (Å²) in [7, 11) is -3.26. The van der Waals surface area contributed by atoms with E-state index < -0.39 is 27.7 Å². The van der Waals surface area contributed by atoms with Gasteiger partial charge in [-0.3, -0.25) is 9.80 Å². The summed E-state index contributed by atoms with van der Waals surface area (Å²) in [5.41, 5.74) is 1.07. The highest BCUT2D eigenvalue weighted by molar-refractivity contribution is 7.91. The van der Waals surface area contributed by atoms with Gasteiger partial charge in [-0.2, -0.15) is 0 Å². The second-order valence-corrected chi connectivity index (χ2v) is 8.78. The van der Waals surface area contributed by atoms with Crippen LogP contribution in [0.4, 0.5) is 20.6 Å². The lowest BCUT2D eigenvalue weighted by atomic mass is 10.1. The molecule has 8 heteroatoms. The number of carbonyl (C=O) groups is 1. The van der Waals surface area contributed by atoms with Gasteiger partial charge in [0.1, 0.15) is 5.82 Å². The van der Waals surface area contributed by atoms with Crippen LogP contribution >= 0.6 is 11.6 Å². The molecule has 2 aromatic carbocycles. The zero-order valence-electron chi connectivity index (χ0n) is 13.0. The second kappa shape index (κ2) is 5.71. The number of urea groups is 1. The first-order valence-electron chi connectivity index (χ1n) is 7.70. The monoisotopic (exact) mass is 380 g/mol. The Morgan fingerprint density at radius 2 is 1.32 bits per heavy atom. The Morgan fingerprint density at radius 3 is 1.80 bits per heavy atom. The van der Waals surface area contributed by atoms with Crippen molar-refractivity contribution in [2.45, 2.75) is 12.1 Å². The molecule has 2 heterocycles. The van der Waals surface area contributed by atoms with Gasteiger partial charge in [0.2, 0.25) is 0 Å². The number of benzene rings is 2. The molecule has 0 unspecified atom stereocenters. The van der Waals surface area contributed by atoms with Crippen LogP contribution in [0.5, 0.6) is 0 Å². The van der Waals surface area contributed by atoms with Gasteiger partial charge in [-0.05, 0) is 48.5 Å². The van der Waals surface area contributed by atoms with Crippen molar-refractivity contribution >= 4 is 38.8 Å². The summed E-state index contributed by atoms with van der Waals surface area (Å²) < 4.78 is 37.6. The molecule has 2 aliphatic rings. The van der Waals surface area contributed by atoms with Gasteiger partial charge in [-0.25, -0.2) is 17.6 Å². The lowest BCUT2D eigenvalue weighted by Gasteiger charge is -2.22. The average molecular weight is 381 g/mol. The van der Waals surface area contributed by atoms with E-state index in [1.54, 1.807) is 24.3 Å². The van der Waals surface area contributed by atoms with Gasteiger partial charge in [-0.1, -0.05) is 11.6 Å². The SMILES string of the molecule is O=C1N(c2ccc(F)cc2)[C@@H]2CS(=O)(=O)C[C@@H]2N1c1ccc(Cl)cc1. The molecule has 0 spiro atoms. The van der Waals surface area contributed by atoms with Crippen LogP contribution in [0, 0.1) is 5.82 Å². The summed E-state index contributed by atoms with van der Waals surface area (Å²) in [6.07, 6.45) is 0. The van der Waals surface area contributed by atoms with E-state index in [0.717, 1.165) is 0 Å². The highest BCUT2D eigenvalue weighted by Gasteiger charge is 2.54. The normalized spacial score (nSPS) is 24.6. The van der Waals surface area contributed by atoms with E-state index in [2.05, 4.69) is 0 Å². The topological polar surface area (TPSA) is 57.7 Å².